The number of alkyl halides is 3. The van der Waals surface area contributed by atoms with Gasteiger partial charge in [-0.15, -0.1) is 13.2 Å². The van der Waals surface area contributed by atoms with Crippen molar-refractivity contribution < 1.29 is 32.5 Å². The van der Waals surface area contributed by atoms with Crippen LogP contribution in [0.2, 0.25) is 0 Å². The summed E-state index contributed by atoms with van der Waals surface area (Å²) < 4.78 is 47.5. The molecule has 0 spiro atoms. The Hall–Kier alpha value is -3.01. The lowest BCUT2D eigenvalue weighted by Crippen LogP contribution is -2.66. The van der Waals surface area contributed by atoms with Crippen molar-refractivity contribution in [1.29, 1.82) is 0 Å². The van der Waals surface area contributed by atoms with Gasteiger partial charge in [0.15, 0.2) is 0 Å². The van der Waals surface area contributed by atoms with Crippen LogP contribution in [0.5, 0.6) is 5.75 Å². The Morgan fingerprint density at radius 2 is 1.64 bits per heavy atom. The van der Waals surface area contributed by atoms with Gasteiger partial charge in [-0.3, -0.25) is 4.98 Å². The fourth-order valence-corrected chi connectivity index (χ4v) is 5.02. The number of carbonyl (C=O) groups excluding carboxylic acids is 1. The molecule has 4 rings (SSSR count). The number of carbonyl (C=O) groups is 1. The molecule has 2 fully saturated rings. The van der Waals surface area contributed by atoms with Gasteiger partial charge in [0, 0.05) is 43.4 Å². The van der Waals surface area contributed by atoms with E-state index < -0.39 is 29.1 Å². The molecule has 2 aliphatic heterocycles. The van der Waals surface area contributed by atoms with Gasteiger partial charge in [-0.2, -0.15) is 0 Å². The molecule has 1 unspecified atom stereocenters. The SMILES string of the molecule is CC(C)(C)OC(=O)N1CC(C)(C(O)(c2ccc(OC(F)(F)F)cc2)c2cncc(N3CCCC3)c2)C1. The predicted octanol–water partition coefficient (Wildman–Crippen LogP) is 5.07. The van der Waals surface area contributed by atoms with Gasteiger partial charge in [-0.05, 0) is 57.4 Å². The highest BCUT2D eigenvalue weighted by Crippen LogP contribution is 2.51. The van der Waals surface area contributed by atoms with E-state index in [0.717, 1.165) is 31.6 Å². The number of hydrogen-bond donors (Lipinski definition) is 1. The summed E-state index contributed by atoms with van der Waals surface area (Å²) in [4.78, 5) is 20.7. The van der Waals surface area contributed by atoms with Crippen LogP contribution in [0.4, 0.5) is 23.7 Å². The summed E-state index contributed by atoms with van der Waals surface area (Å²) in [5, 5.41) is 12.4. The summed E-state index contributed by atoms with van der Waals surface area (Å²) in [7, 11) is 0. The molecule has 0 radical (unpaired) electrons. The van der Waals surface area contributed by atoms with Crippen LogP contribution in [-0.4, -0.2) is 59.2 Å². The smallest absolute Gasteiger partial charge is 0.444 e. The Balaban J connectivity index is 1.70. The molecule has 10 heteroatoms. The Morgan fingerprint density at radius 3 is 2.19 bits per heavy atom. The molecular formula is C26H32F3N3O4. The molecule has 1 amide bonds. The number of nitrogens with zero attached hydrogens (tertiary/aromatic N) is 3. The molecule has 1 N–H and O–H groups in total. The fraction of sp³-hybridized carbons (Fsp3) is 0.538. The first-order valence-electron chi connectivity index (χ1n) is 12.0. The van der Waals surface area contributed by atoms with Crippen LogP contribution in [0.1, 0.15) is 51.7 Å². The highest BCUT2D eigenvalue weighted by molar-refractivity contribution is 5.70. The van der Waals surface area contributed by atoms with Crippen LogP contribution in [0, 0.1) is 5.41 Å². The number of hydrogen-bond acceptors (Lipinski definition) is 6. The first-order valence-corrected chi connectivity index (χ1v) is 12.0. The average molecular weight is 508 g/mol. The van der Waals surface area contributed by atoms with Crippen LogP contribution in [0.25, 0.3) is 0 Å². The zero-order valence-electron chi connectivity index (χ0n) is 20.9. The quantitative estimate of drug-likeness (QED) is 0.609. The van der Waals surface area contributed by atoms with Crippen molar-refractivity contribution in [2.24, 2.45) is 5.41 Å². The second-order valence-electron chi connectivity index (χ2n) is 10.8. The van der Waals surface area contributed by atoms with Crippen LogP contribution in [0.3, 0.4) is 0 Å². The lowest BCUT2D eigenvalue weighted by molar-refractivity contribution is -0.274. The highest BCUT2D eigenvalue weighted by Gasteiger charge is 2.58. The molecule has 3 heterocycles. The van der Waals surface area contributed by atoms with Gasteiger partial charge in [0.05, 0.1) is 11.9 Å². The second-order valence-corrected chi connectivity index (χ2v) is 10.8. The number of rotatable bonds is 5. The average Bonchev–Trinajstić information content (AvgIpc) is 3.29. The van der Waals surface area contributed by atoms with Gasteiger partial charge < -0.3 is 24.4 Å². The van der Waals surface area contributed by atoms with Crippen molar-refractivity contribution in [2.45, 2.75) is 58.1 Å². The maximum absolute atomic E-state index is 12.7. The lowest BCUT2D eigenvalue weighted by Gasteiger charge is -2.56. The Bertz CT molecular complexity index is 1090. The Morgan fingerprint density at radius 1 is 1.03 bits per heavy atom. The summed E-state index contributed by atoms with van der Waals surface area (Å²) in [6.45, 7) is 9.32. The second kappa shape index (κ2) is 9.14. The van der Waals surface area contributed by atoms with Gasteiger partial charge in [0.25, 0.3) is 0 Å². The van der Waals surface area contributed by atoms with E-state index in [1.807, 2.05) is 13.0 Å². The van der Waals surface area contributed by atoms with Crippen LogP contribution >= 0.6 is 0 Å². The minimum atomic E-state index is -4.82. The van der Waals surface area contributed by atoms with Gasteiger partial charge in [0.2, 0.25) is 0 Å². The molecule has 7 nitrogen and oxygen atoms in total. The van der Waals surface area contributed by atoms with Crippen LogP contribution in [0.15, 0.2) is 42.7 Å². The van der Waals surface area contributed by atoms with E-state index in [9.17, 15) is 23.1 Å². The molecule has 1 aromatic heterocycles. The lowest BCUT2D eigenvalue weighted by atomic mass is 9.62. The van der Waals surface area contributed by atoms with Gasteiger partial charge in [0.1, 0.15) is 17.0 Å². The van der Waals surface area contributed by atoms with E-state index in [-0.39, 0.29) is 18.8 Å². The van der Waals surface area contributed by atoms with E-state index in [0.29, 0.717) is 11.1 Å². The van der Waals surface area contributed by atoms with Gasteiger partial charge in [-0.25, -0.2) is 4.79 Å². The molecule has 0 bridgehead atoms. The Labute approximate surface area is 208 Å². The third kappa shape index (κ3) is 5.23. The van der Waals surface area contributed by atoms with E-state index in [1.165, 1.54) is 29.2 Å². The largest absolute Gasteiger partial charge is 0.573 e. The summed E-state index contributed by atoms with van der Waals surface area (Å²) in [5.41, 5.74) is -1.42. The van der Waals surface area contributed by atoms with Crippen molar-refractivity contribution in [3.8, 4) is 5.75 Å². The summed E-state index contributed by atoms with van der Waals surface area (Å²) >= 11 is 0. The van der Waals surface area contributed by atoms with Crippen molar-refractivity contribution >= 4 is 11.8 Å². The Kier molecular flexibility index (Phi) is 6.61. The topological polar surface area (TPSA) is 75.1 Å². The molecule has 2 saturated heterocycles. The van der Waals surface area contributed by atoms with Crippen molar-refractivity contribution in [3.63, 3.8) is 0 Å². The molecule has 0 saturated carbocycles. The molecule has 2 aromatic rings. The van der Waals surface area contributed by atoms with E-state index in [1.54, 1.807) is 33.2 Å². The third-order valence-corrected chi connectivity index (χ3v) is 6.72. The number of aliphatic hydroxyl groups is 1. The monoisotopic (exact) mass is 507 g/mol. The third-order valence-electron chi connectivity index (χ3n) is 6.72. The fourth-order valence-electron chi connectivity index (χ4n) is 5.02. The minimum Gasteiger partial charge on any atom is -0.444 e. The van der Waals surface area contributed by atoms with Gasteiger partial charge in [-0.1, -0.05) is 19.1 Å². The minimum absolute atomic E-state index is 0.188. The van der Waals surface area contributed by atoms with Crippen molar-refractivity contribution in [3.05, 3.63) is 53.9 Å². The molecule has 1 aromatic carbocycles. The summed E-state index contributed by atoms with van der Waals surface area (Å²) in [6, 6.07) is 7.08. The number of benzene rings is 1. The zero-order chi connectivity index (χ0) is 26.4. The predicted molar refractivity (Wildman–Crippen MR) is 128 cm³/mol. The normalized spacial score (nSPS) is 19.4. The number of aromatic nitrogens is 1. The van der Waals surface area contributed by atoms with E-state index in [2.05, 4.69) is 14.6 Å². The molecule has 196 valence electrons. The molecule has 36 heavy (non-hydrogen) atoms. The van der Waals surface area contributed by atoms with E-state index >= 15 is 0 Å². The van der Waals surface area contributed by atoms with Crippen LogP contribution < -0.4 is 9.64 Å². The zero-order valence-corrected chi connectivity index (χ0v) is 20.9. The maximum Gasteiger partial charge on any atom is 0.573 e. The molecule has 0 aliphatic carbocycles. The van der Waals surface area contributed by atoms with E-state index in [4.69, 9.17) is 4.74 Å². The molecular weight excluding hydrogens is 475 g/mol. The number of pyridine rings is 1. The number of amides is 1. The first-order chi connectivity index (χ1) is 16.7. The van der Waals surface area contributed by atoms with Crippen molar-refractivity contribution in [2.75, 3.05) is 31.1 Å². The number of likely N-dealkylation sites (tertiary alicyclic amines) is 1. The number of halogens is 3. The van der Waals surface area contributed by atoms with Gasteiger partial charge >= 0.3 is 12.5 Å². The molecule has 2 aliphatic rings. The van der Waals surface area contributed by atoms with Crippen LogP contribution in [-0.2, 0) is 10.3 Å². The van der Waals surface area contributed by atoms with Crippen molar-refractivity contribution in [1.82, 2.24) is 9.88 Å². The number of anilines is 1. The first kappa shape index (κ1) is 26.1. The standard InChI is InChI=1S/C26H32F3N3O4/c1-23(2,3)36-22(33)32-16-24(4,17-32)25(34,18-7-9-21(10-8-18)35-26(27,28)29)19-13-20(15-30-14-19)31-11-5-6-12-31/h7-10,13-15,34H,5-6,11-12,16-17H2,1-4H3. The summed E-state index contributed by atoms with van der Waals surface area (Å²) in [6.07, 6.45) is 0.141. The molecule has 1 atom stereocenters. The summed E-state index contributed by atoms with van der Waals surface area (Å²) in [5.74, 6) is -0.383. The number of ether oxygens (including phenoxy) is 2. The maximum atomic E-state index is 12.7. The highest BCUT2D eigenvalue weighted by atomic mass is 19.4.